The van der Waals surface area contributed by atoms with Crippen molar-refractivity contribution in [3.8, 4) is 0 Å². The highest BCUT2D eigenvalue weighted by Crippen LogP contribution is 2.23. The predicted octanol–water partition coefficient (Wildman–Crippen LogP) is 4.80. The van der Waals surface area contributed by atoms with E-state index in [1.807, 2.05) is 66.7 Å². The molecule has 0 unspecified atom stereocenters. The topological polar surface area (TPSA) is 117 Å². The predicted molar refractivity (Wildman–Crippen MR) is 144 cm³/mol. The molecule has 200 valence electrons. The number of anilines is 1. The van der Waals surface area contributed by atoms with E-state index in [1.165, 1.54) is 0 Å². The van der Waals surface area contributed by atoms with Crippen molar-refractivity contribution in [1.82, 2.24) is 10.4 Å². The Balaban J connectivity index is 1.30. The molecule has 0 saturated carbocycles. The first-order valence-corrected chi connectivity index (χ1v) is 12.5. The van der Waals surface area contributed by atoms with Crippen LogP contribution in [0.2, 0.25) is 0 Å². The molecule has 0 spiro atoms. The summed E-state index contributed by atoms with van der Waals surface area (Å²) in [6, 6.07) is 21.3. The highest BCUT2D eigenvalue weighted by molar-refractivity contribution is 6.00. The Bertz CT molecular complexity index is 1240. The smallest absolute Gasteiger partial charge is 0.411 e. The second kappa shape index (κ2) is 15.1. The SMILES string of the molecule is CCOC(=O)/C=C/C(=O)N(O)CCCCNCc1ccc(COC(=O)Nc2cccc3ccccc23)cc1. The fraction of sp³-hybridized carbons (Fsp3) is 0.276. The molecule has 0 heterocycles. The molecule has 0 aliphatic carbocycles. The van der Waals surface area contributed by atoms with E-state index >= 15 is 0 Å². The van der Waals surface area contributed by atoms with Crippen LogP contribution in [0.1, 0.15) is 30.9 Å². The summed E-state index contributed by atoms with van der Waals surface area (Å²) in [6.07, 6.45) is 2.83. The van der Waals surface area contributed by atoms with Gasteiger partial charge >= 0.3 is 12.1 Å². The van der Waals surface area contributed by atoms with Crippen LogP contribution in [-0.4, -0.2) is 47.9 Å². The van der Waals surface area contributed by atoms with Gasteiger partial charge in [-0.05, 0) is 48.9 Å². The van der Waals surface area contributed by atoms with E-state index in [4.69, 9.17) is 4.74 Å². The number of nitrogens with one attached hydrogen (secondary N) is 2. The average Bonchev–Trinajstić information content (AvgIpc) is 2.93. The van der Waals surface area contributed by atoms with Gasteiger partial charge in [0, 0.05) is 30.6 Å². The summed E-state index contributed by atoms with van der Waals surface area (Å²) in [5, 5.41) is 18.4. The van der Waals surface area contributed by atoms with E-state index in [0.29, 0.717) is 30.3 Å². The summed E-state index contributed by atoms with van der Waals surface area (Å²) in [7, 11) is 0. The minimum atomic E-state index is -0.666. The van der Waals surface area contributed by atoms with Crippen LogP contribution >= 0.6 is 0 Å². The summed E-state index contributed by atoms with van der Waals surface area (Å²) >= 11 is 0. The Morgan fingerprint density at radius 3 is 2.42 bits per heavy atom. The molecule has 3 aromatic rings. The summed E-state index contributed by atoms with van der Waals surface area (Å²) in [5.74, 6) is -1.29. The molecule has 3 rings (SSSR count). The van der Waals surface area contributed by atoms with Gasteiger partial charge in [-0.15, -0.1) is 0 Å². The van der Waals surface area contributed by atoms with Gasteiger partial charge in [0.2, 0.25) is 0 Å². The first kappa shape index (κ1) is 28.4. The zero-order chi connectivity index (χ0) is 27.2. The van der Waals surface area contributed by atoms with Crippen LogP contribution in [-0.2, 0) is 32.2 Å². The van der Waals surface area contributed by atoms with Gasteiger partial charge in [0.15, 0.2) is 0 Å². The quantitative estimate of drug-likeness (QED) is 0.0977. The summed E-state index contributed by atoms with van der Waals surface area (Å²) in [5.41, 5.74) is 2.67. The van der Waals surface area contributed by atoms with Crippen molar-refractivity contribution >= 4 is 34.4 Å². The maximum Gasteiger partial charge on any atom is 0.411 e. The van der Waals surface area contributed by atoms with Gasteiger partial charge in [0.1, 0.15) is 6.61 Å². The minimum Gasteiger partial charge on any atom is -0.463 e. The molecular weight excluding hydrogens is 486 g/mol. The van der Waals surface area contributed by atoms with Gasteiger partial charge in [0.25, 0.3) is 5.91 Å². The third-order valence-corrected chi connectivity index (χ3v) is 5.62. The van der Waals surface area contributed by atoms with Gasteiger partial charge in [-0.25, -0.2) is 14.7 Å². The molecule has 0 fully saturated rings. The Morgan fingerprint density at radius 1 is 0.895 bits per heavy atom. The van der Waals surface area contributed by atoms with Crippen LogP contribution in [0.25, 0.3) is 10.8 Å². The number of benzene rings is 3. The standard InChI is InChI=1S/C29H33N3O6/c1-2-37-28(34)17-16-27(33)32(36)19-6-5-18-30-20-22-12-14-23(15-13-22)21-38-29(35)31-26-11-7-9-24-8-3-4-10-25(24)26/h3-4,7-17,30,36H,2,5-6,18-21H2,1H3,(H,31,35)/b17-16+. The lowest BCUT2D eigenvalue weighted by molar-refractivity contribution is -0.159. The van der Waals surface area contributed by atoms with Gasteiger partial charge in [-0.2, -0.15) is 0 Å². The molecule has 38 heavy (non-hydrogen) atoms. The lowest BCUT2D eigenvalue weighted by Gasteiger charge is -2.12. The molecular formula is C29H33N3O6. The number of hydrogen-bond donors (Lipinski definition) is 3. The first-order chi connectivity index (χ1) is 18.5. The normalized spacial score (nSPS) is 10.9. The maximum atomic E-state index is 12.3. The molecule has 0 aromatic heterocycles. The minimum absolute atomic E-state index is 0.162. The van der Waals surface area contributed by atoms with Crippen molar-refractivity contribution in [2.45, 2.75) is 32.9 Å². The average molecular weight is 520 g/mol. The lowest BCUT2D eigenvalue weighted by atomic mass is 10.1. The number of ether oxygens (including phenoxy) is 2. The van der Waals surface area contributed by atoms with Crippen molar-refractivity contribution in [3.05, 3.63) is 90.0 Å². The van der Waals surface area contributed by atoms with E-state index < -0.39 is 18.0 Å². The number of amides is 2. The number of fused-ring (bicyclic) bond motifs is 1. The molecule has 2 amide bonds. The molecule has 3 N–H and O–H groups in total. The monoisotopic (exact) mass is 519 g/mol. The van der Waals surface area contributed by atoms with Crippen LogP contribution in [0, 0.1) is 0 Å². The van der Waals surface area contributed by atoms with E-state index in [1.54, 1.807) is 6.92 Å². The molecule has 9 heteroatoms. The number of carbonyl (C=O) groups excluding carboxylic acids is 3. The molecule has 0 radical (unpaired) electrons. The van der Waals surface area contributed by atoms with Crippen LogP contribution in [0.15, 0.2) is 78.9 Å². The Kier molecular flexibility index (Phi) is 11.3. The second-order valence-electron chi connectivity index (χ2n) is 8.47. The van der Waals surface area contributed by atoms with E-state index in [-0.39, 0.29) is 19.8 Å². The van der Waals surface area contributed by atoms with Crippen molar-refractivity contribution in [2.75, 3.05) is 25.0 Å². The fourth-order valence-electron chi connectivity index (χ4n) is 3.65. The Labute approximate surface area is 222 Å². The number of esters is 1. The van der Waals surface area contributed by atoms with Crippen LogP contribution in [0.4, 0.5) is 10.5 Å². The molecule has 0 bridgehead atoms. The van der Waals surface area contributed by atoms with Gasteiger partial charge < -0.3 is 14.8 Å². The number of nitrogens with zero attached hydrogens (tertiary/aromatic N) is 1. The van der Waals surface area contributed by atoms with Crippen molar-refractivity contribution in [2.24, 2.45) is 0 Å². The molecule has 0 aliphatic rings. The van der Waals surface area contributed by atoms with Crippen molar-refractivity contribution in [1.29, 1.82) is 0 Å². The Morgan fingerprint density at radius 2 is 1.63 bits per heavy atom. The number of rotatable bonds is 13. The summed E-state index contributed by atoms with van der Waals surface area (Å²) in [6.45, 7) is 3.58. The molecule has 0 atom stereocenters. The number of unbranched alkanes of at least 4 members (excludes halogenated alkanes) is 1. The highest BCUT2D eigenvalue weighted by Gasteiger charge is 2.08. The highest BCUT2D eigenvalue weighted by atomic mass is 16.5. The zero-order valence-electron chi connectivity index (χ0n) is 21.4. The number of hydrogen-bond acceptors (Lipinski definition) is 7. The van der Waals surface area contributed by atoms with E-state index in [0.717, 1.165) is 40.5 Å². The van der Waals surface area contributed by atoms with E-state index in [9.17, 15) is 19.6 Å². The van der Waals surface area contributed by atoms with E-state index in [2.05, 4.69) is 15.4 Å². The van der Waals surface area contributed by atoms with Gasteiger partial charge in [-0.3, -0.25) is 15.3 Å². The first-order valence-electron chi connectivity index (χ1n) is 12.5. The third-order valence-electron chi connectivity index (χ3n) is 5.62. The molecule has 0 aliphatic heterocycles. The number of hydroxylamine groups is 2. The van der Waals surface area contributed by atoms with Gasteiger partial charge in [0.05, 0.1) is 12.3 Å². The molecule has 3 aromatic carbocycles. The van der Waals surface area contributed by atoms with Crippen LogP contribution < -0.4 is 10.6 Å². The van der Waals surface area contributed by atoms with Gasteiger partial charge in [-0.1, -0.05) is 60.7 Å². The summed E-state index contributed by atoms with van der Waals surface area (Å²) < 4.78 is 10.1. The van der Waals surface area contributed by atoms with Crippen molar-refractivity contribution < 1.29 is 29.1 Å². The Hall–Kier alpha value is -4.21. The molecule has 9 nitrogen and oxygen atoms in total. The molecule has 0 saturated heterocycles. The lowest BCUT2D eigenvalue weighted by Crippen LogP contribution is -2.27. The maximum absolute atomic E-state index is 12.3. The largest absolute Gasteiger partial charge is 0.463 e. The second-order valence-corrected chi connectivity index (χ2v) is 8.47. The zero-order valence-corrected chi connectivity index (χ0v) is 21.4. The number of carbonyl (C=O) groups is 3. The van der Waals surface area contributed by atoms with Crippen molar-refractivity contribution in [3.63, 3.8) is 0 Å². The summed E-state index contributed by atoms with van der Waals surface area (Å²) in [4.78, 5) is 35.2. The fourth-order valence-corrected chi connectivity index (χ4v) is 3.65. The third kappa shape index (κ3) is 9.34. The van der Waals surface area contributed by atoms with Crippen LogP contribution in [0.3, 0.4) is 0 Å². The van der Waals surface area contributed by atoms with Crippen LogP contribution in [0.5, 0.6) is 0 Å².